The highest BCUT2D eigenvalue weighted by Crippen LogP contribution is 2.23. The maximum Gasteiger partial charge on any atom is 0.259 e. The number of aryl methyl sites for hydroxylation is 2. The van der Waals surface area contributed by atoms with Crippen molar-refractivity contribution in [3.05, 3.63) is 89.6 Å². The van der Waals surface area contributed by atoms with Gasteiger partial charge >= 0.3 is 0 Å². The molecule has 0 bridgehead atoms. The lowest BCUT2D eigenvalue weighted by atomic mass is 10.1. The van der Waals surface area contributed by atoms with Crippen LogP contribution in [0.2, 0.25) is 0 Å². The van der Waals surface area contributed by atoms with Gasteiger partial charge in [-0.1, -0.05) is 17.3 Å². The molecule has 4 rings (SSSR count). The summed E-state index contributed by atoms with van der Waals surface area (Å²) in [6.07, 6.45) is 3.58. The molecule has 146 valence electrons. The second kappa shape index (κ2) is 8.02. The molecule has 7 heteroatoms. The van der Waals surface area contributed by atoms with E-state index in [0.29, 0.717) is 22.8 Å². The number of carbonyl (C=O) groups excluding carboxylic acids is 1. The van der Waals surface area contributed by atoms with Crippen molar-refractivity contribution in [2.75, 3.05) is 5.32 Å². The van der Waals surface area contributed by atoms with Crippen molar-refractivity contribution in [1.82, 2.24) is 14.9 Å². The Bertz CT molecular complexity index is 1100. The summed E-state index contributed by atoms with van der Waals surface area (Å²) in [5.74, 6) is 0.964. The van der Waals surface area contributed by atoms with Gasteiger partial charge in [-0.25, -0.2) is 4.68 Å². The van der Waals surface area contributed by atoms with E-state index in [0.717, 1.165) is 16.9 Å². The van der Waals surface area contributed by atoms with E-state index in [2.05, 4.69) is 15.6 Å². The fraction of sp³-hybridized carbons (Fsp3) is 0.136. The van der Waals surface area contributed by atoms with Gasteiger partial charge in [-0.2, -0.15) is 5.10 Å². The Balaban J connectivity index is 1.47. The first kappa shape index (κ1) is 18.5. The number of nitrogens with one attached hydrogen (secondary N) is 1. The maximum atomic E-state index is 12.8. The average molecular weight is 388 g/mol. The number of benzene rings is 2. The number of ether oxygens (including phenoxy) is 1. The van der Waals surface area contributed by atoms with E-state index in [1.807, 2.05) is 56.4 Å². The number of amides is 1. The quantitative estimate of drug-likeness (QED) is 0.532. The molecule has 7 nitrogen and oxygen atoms in total. The standard InChI is InChI=1S/C22H20N4O3/c1-15-20(16(2)29-25-15)14-28-21-7-4-3-6-19(21)22(27)24-17-8-10-18(11-9-17)26-13-5-12-23-26/h3-13H,14H2,1-2H3,(H,24,27). The molecule has 0 fully saturated rings. The van der Waals surface area contributed by atoms with E-state index < -0.39 is 0 Å². The van der Waals surface area contributed by atoms with Gasteiger partial charge in [-0.05, 0) is 56.3 Å². The highest BCUT2D eigenvalue weighted by molar-refractivity contribution is 6.06. The molecule has 1 N–H and O–H groups in total. The fourth-order valence-corrected chi connectivity index (χ4v) is 2.96. The van der Waals surface area contributed by atoms with Gasteiger partial charge < -0.3 is 14.6 Å². The largest absolute Gasteiger partial charge is 0.488 e. The number of nitrogens with zero attached hydrogens (tertiary/aromatic N) is 3. The summed E-state index contributed by atoms with van der Waals surface area (Å²) in [7, 11) is 0. The van der Waals surface area contributed by atoms with E-state index in [-0.39, 0.29) is 12.5 Å². The van der Waals surface area contributed by atoms with Crippen molar-refractivity contribution in [2.24, 2.45) is 0 Å². The maximum absolute atomic E-state index is 12.8. The van der Waals surface area contributed by atoms with E-state index >= 15 is 0 Å². The van der Waals surface area contributed by atoms with Crippen molar-refractivity contribution in [1.29, 1.82) is 0 Å². The summed E-state index contributed by atoms with van der Waals surface area (Å²) in [4.78, 5) is 12.8. The third-order valence-corrected chi connectivity index (χ3v) is 4.58. The molecule has 0 radical (unpaired) electrons. The van der Waals surface area contributed by atoms with Crippen LogP contribution in [0, 0.1) is 13.8 Å². The summed E-state index contributed by atoms with van der Waals surface area (Å²) < 4.78 is 12.8. The van der Waals surface area contributed by atoms with Crippen LogP contribution in [0.15, 0.2) is 71.5 Å². The van der Waals surface area contributed by atoms with Crippen LogP contribution in [0.25, 0.3) is 5.69 Å². The Kier molecular flexibility index (Phi) is 5.11. The van der Waals surface area contributed by atoms with E-state index in [1.165, 1.54) is 0 Å². The van der Waals surface area contributed by atoms with Crippen LogP contribution in [0.4, 0.5) is 5.69 Å². The second-order valence-corrected chi connectivity index (χ2v) is 6.54. The molecule has 29 heavy (non-hydrogen) atoms. The Morgan fingerprint density at radius 1 is 1.10 bits per heavy atom. The molecule has 0 aliphatic rings. The smallest absolute Gasteiger partial charge is 0.259 e. The molecule has 1 amide bonds. The van der Waals surface area contributed by atoms with Crippen molar-refractivity contribution >= 4 is 11.6 Å². The van der Waals surface area contributed by atoms with Crippen LogP contribution in [-0.2, 0) is 6.61 Å². The minimum atomic E-state index is -0.244. The van der Waals surface area contributed by atoms with Crippen molar-refractivity contribution in [2.45, 2.75) is 20.5 Å². The van der Waals surface area contributed by atoms with Crippen molar-refractivity contribution in [3.8, 4) is 11.4 Å². The van der Waals surface area contributed by atoms with E-state index in [9.17, 15) is 4.79 Å². The first-order valence-corrected chi connectivity index (χ1v) is 9.17. The van der Waals surface area contributed by atoms with Gasteiger partial charge in [-0.15, -0.1) is 0 Å². The Hall–Kier alpha value is -3.87. The molecule has 0 atom stereocenters. The Labute approximate surface area is 167 Å². The SMILES string of the molecule is Cc1noc(C)c1COc1ccccc1C(=O)Nc1ccc(-n2cccn2)cc1. The molecule has 0 aliphatic carbocycles. The third-order valence-electron chi connectivity index (χ3n) is 4.58. The topological polar surface area (TPSA) is 82.2 Å². The minimum absolute atomic E-state index is 0.244. The van der Waals surface area contributed by atoms with Gasteiger partial charge in [-0.3, -0.25) is 4.79 Å². The van der Waals surface area contributed by atoms with Crippen LogP contribution < -0.4 is 10.1 Å². The molecule has 0 unspecified atom stereocenters. The van der Waals surface area contributed by atoms with Crippen LogP contribution in [-0.4, -0.2) is 20.8 Å². The summed E-state index contributed by atoms with van der Waals surface area (Å²) >= 11 is 0. The normalized spacial score (nSPS) is 10.7. The Morgan fingerprint density at radius 2 is 1.90 bits per heavy atom. The summed E-state index contributed by atoms with van der Waals surface area (Å²) in [5.41, 5.74) is 3.72. The lowest BCUT2D eigenvalue weighted by molar-refractivity contribution is 0.102. The molecule has 4 aromatic rings. The molecular weight excluding hydrogens is 368 g/mol. The summed E-state index contributed by atoms with van der Waals surface area (Å²) in [6, 6.07) is 16.4. The lowest BCUT2D eigenvalue weighted by Gasteiger charge is -2.12. The number of para-hydroxylation sites is 1. The minimum Gasteiger partial charge on any atom is -0.488 e. The molecule has 0 spiro atoms. The lowest BCUT2D eigenvalue weighted by Crippen LogP contribution is -2.14. The second-order valence-electron chi connectivity index (χ2n) is 6.54. The monoisotopic (exact) mass is 388 g/mol. The Morgan fingerprint density at radius 3 is 2.59 bits per heavy atom. The van der Waals surface area contributed by atoms with Crippen LogP contribution in [0.3, 0.4) is 0 Å². The van der Waals surface area contributed by atoms with E-state index in [1.54, 1.807) is 29.1 Å². The van der Waals surface area contributed by atoms with Crippen molar-refractivity contribution in [3.63, 3.8) is 0 Å². The van der Waals surface area contributed by atoms with Gasteiger partial charge in [0.1, 0.15) is 18.1 Å². The third kappa shape index (κ3) is 4.03. The molecule has 2 heterocycles. The van der Waals surface area contributed by atoms with Gasteiger partial charge in [0.05, 0.1) is 22.5 Å². The zero-order valence-corrected chi connectivity index (χ0v) is 16.1. The van der Waals surface area contributed by atoms with Gasteiger partial charge in [0.15, 0.2) is 0 Å². The number of hydrogen-bond donors (Lipinski definition) is 1. The van der Waals surface area contributed by atoms with Crippen LogP contribution >= 0.6 is 0 Å². The summed E-state index contributed by atoms with van der Waals surface area (Å²) in [6.45, 7) is 3.98. The van der Waals surface area contributed by atoms with E-state index in [4.69, 9.17) is 9.26 Å². The number of anilines is 1. The predicted molar refractivity (Wildman–Crippen MR) is 108 cm³/mol. The molecule has 0 saturated carbocycles. The number of rotatable bonds is 6. The number of hydrogen-bond acceptors (Lipinski definition) is 5. The van der Waals surface area contributed by atoms with Gasteiger partial charge in [0.2, 0.25) is 0 Å². The predicted octanol–water partition coefficient (Wildman–Crippen LogP) is 4.31. The van der Waals surface area contributed by atoms with Crippen molar-refractivity contribution < 1.29 is 14.1 Å². The average Bonchev–Trinajstić information content (AvgIpc) is 3.38. The first-order valence-electron chi connectivity index (χ1n) is 9.17. The molecule has 0 saturated heterocycles. The molecule has 2 aromatic heterocycles. The van der Waals surface area contributed by atoms with Gasteiger partial charge in [0.25, 0.3) is 5.91 Å². The van der Waals surface area contributed by atoms with Crippen LogP contribution in [0.5, 0.6) is 5.75 Å². The zero-order valence-electron chi connectivity index (χ0n) is 16.1. The van der Waals surface area contributed by atoms with Crippen LogP contribution in [0.1, 0.15) is 27.4 Å². The fourth-order valence-electron chi connectivity index (χ4n) is 2.96. The molecule has 0 aliphatic heterocycles. The van der Waals surface area contributed by atoms with Gasteiger partial charge in [0, 0.05) is 18.1 Å². The zero-order chi connectivity index (χ0) is 20.2. The molecular formula is C22H20N4O3. The molecule has 2 aromatic carbocycles. The number of carbonyl (C=O) groups is 1. The first-order chi connectivity index (χ1) is 14.1. The highest BCUT2D eigenvalue weighted by Gasteiger charge is 2.15. The highest BCUT2D eigenvalue weighted by atomic mass is 16.5. The summed E-state index contributed by atoms with van der Waals surface area (Å²) in [5, 5.41) is 11.0. The number of aromatic nitrogens is 3.